The van der Waals surface area contributed by atoms with Crippen molar-refractivity contribution in [2.45, 2.75) is 51.7 Å². The van der Waals surface area contributed by atoms with E-state index in [0.717, 1.165) is 55.0 Å². The molecule has 3 rings (SSSR count). The van der Waals surface area contributed by atoms with E-state index in [1.165, 1.54) is 0 Å². The van der Waals surface area contributed by atoms with Gasteiger partial charge in [0, 0.05) is 35.4 Å². The second-order valence-corrected chi connectivity index (χ2v) is 7.02. The van der Waals surface area contributed by atoms with Crippen LogP contribution in [0.3, 0.4) is 0 Å². The van der Waals surface area contributed by atoms with Gasteiger partial charge in [0.15, 0.2) is 5.69 Å². The highest BCUT2D eigenvalue weighted by atomic mass is 32.1. The van der Waals surface area contributed by atoms with Crippen molar-refractivity contribution in [3.8, 4) is 0 Å². The van der Waals surface area contributed by atoms with Gasteiger partial charge in [0.2, 0.25) is 0 Å². The van der Waals surface area contributed by atoms with Crippen LogP contribution in [-0.2, 0) is 25.9 Å². The molecule has 2 aromatic rings. The molecule has 0 radical (unpaired) electrons. The highest BCUT2D eigenvalue weighted by molar-refractivity contribution is 7.09. The summed E-state index contributed by atoms with van der Waals surface area (Å²) in [5, 5.41) is 16.9. The zero-order valence-corrected chi connectivity index (χ0v) is 14.3. The first-order valence-corrected chi connectivity index (χ1v) is 8.88. The number of thiazole rings is 1. The molecule has 1 aliphatic carbocycles. The van der Waals surface area contributed by atoms with Gasteiger partial charge in [-0.1, -0.05) is 6.92 Å². The van der Waals surface area contributed by atoms with Crippen LogP contribution in [0.25, 0.3) is 0 Å². The Morgan fingerprint density at radius 1 is 1.57 bits per heavy atom. The normalized spacial score (nSPS) is 17.4. The minimum absolute atomic E-state index is 0.237. The van der Waals surface area contributed by atoms with Crippen LogP contribution in [0.2, 0.25) is 0 Å². The Labute approximate surface area is 139 Å². The van der Waals surface area contributed by atoms with Gasteiger partial charge < -0.3 is 5.11 Å². The molecule has 0 bridgehead atoms. The maximum absolute atomic E-state index is 11.5. The second kappa shape index (κ2) is 6.80. The number of aryl methyl sites for hydroxylation is 1. The fraction of sp³-hybridized carbons (Fsp3) is 0.562. The third-order valence-corrected chi connectivity index (χ3v) is 5.21. The minimum Gasteiger partial charge on any atom is -0.476 e. The number of hydrogen-bond donors (Lipinski definition) is 1. The summed E-state index contributed by atoms with van der Waals surface area (Å²) in [7, 11) is 2.09. The smallest absolute Gasteiger partial charge is 0.356 e. The summed E-state index contributed by atoms with van der Waals surface area (Å²) in [5.74, 6) is -0.917. The number of carboxylic acids is 1. The molecular formula is C16H22N4O2S. The molecule has 0 aromatic carbocycles. The molecule has 1 N–H and O–H groups in total. The lowest BCUT2D eigenvalue weighted by molar-refractivity contribution is 0.0687. The lowest BCUT2D eigenvalue weighted by Crippen LogP contribution is -2.36. The van der Waals surface area contributed by atoms with Crippen LogP contribution in [-0.4, -0.2) is 43.8 Å². The van der Waals surface area contributed by atoms with E-state index in [1.54, 1.807) is 11.3 Å². The van der Waals surface area contributed by atoms with Crippen LogP contribution >= 0.6 is 11.3 Å². The number of carboxylic acid groups (broad SMARTS) is 1. The first-order valence-electron chi connectivity index (χ1n) is 8.00. The molecule has 0 unspecified atom stereocenters. The number of hydrogen-bond acceptors (Lipinski definition) is 5. The van der Waals surface area contributed by atoms with Crippen molar-refractivity contribution in [1.29, 1.82) is 0 Å². The first kappa shape index (κ1) is 16.1. The van der Waals surface area contributed by atoms with Crippen molar-refractivity contribution in [1.82, 2.24) is 19.7 Å². The molecule has 2 aromatic heterocycles. The van der Waals surface area contributed by atoms with Crippen LogP contribution in [0.1, 0.15) is 46.5 Å². The molecule has 1 atom stereocenters. The predicted molar refractivity (Wildman–Crippen MR) is 88.9 cm³/mol. The fourth-order valence-electron chi connectivity index (χ4n) is 3.29. The summed E-state index contributed by atoms with van der Waals surface area (Å²) in [6.45, 7) is 3.68. The van der Waals surface area contributed by atoms with E-state index in [2.05, 4.69) is 29.0 Å². The molecule has 0 spiro atoms. The summed E-state index contributed by atoms with van der Waals surface area (Å²) in [6, 6.07) is 0.337. The van der Waals surface area contributed by atoms with Gasteiger partial charge in [-0.05, 0) is 32.7 Å². The summed E-state index contributed by atoms with van der Waals surface area (Å²) >= 11 is 1.66. The highest BCUT2D eigenvalue weighted by Gasteiger charge is 2.30. The van der Waals surface area contributed by atoms with Gasteiger partial charge in [-0.25, -0.2) is 9.78 Å². The van der Waals surface area contributed by atoms with Gasteiger partial charge >= 0.3 is 5.97 Å². The van der Waals surface area contributed by atoms with Gasteiger partial charge in [0.05, 0.1) is 6.54 Å². The average molecular weight is 334 g/mol. The van der Waals surface area contributed by atoms with Gasteiger partial charge in [0.25, 0.3) is 0 Å². The summed E-state index contributed by atoms with van der Waals surface area (Å²) < 4.78 is 1.90. The van der Waals surface area contributed by atoms with E-state index in [1.807, 2.05) is 16.3 Å². The Bertz CT molecular complexity index is 681. The zero-order valence-electron chi connectivity index (χ0n) is 13.5. The third-order valence-electron chi connectivity index (χ3n) is 4.45. The molecule has 0 aliphatic heterocycles. The maximum Gasteiger partial charge on any atom is 0.356 e. The van der Waals surface area contributed by atoms with Gasteiger partial charge in [-0.3, -0.25) is 9.58 Å². The number of aromatic nitrogens is 3. The maximum atomic E-state index is 11.5. The number of rotatable bonds is 6. The predicted octanol–water partition coefficient (Wildman–Crippen LogP) is 2.44. The van der Waals surface area contributed by atoms with E-state index >= 15 is 0 Å². The van der Waals surface area contributed by atoms with Crippen molar-refractivity contribution in [3.63, 3.8) is 0 Å². The van der Waals surface area contributed by atoms with Crippen LogP contribution in [0.5, 0.6) is 0 Å². The molecule has 2 heterocycles. The monoisotopic (exact) mass is 334 g/mol. The molecule has 0 saturated heterocycles. The van der Waals surface area contributed by atoms with Gasteiger partial charge in [-0.2, -0.15) is 5.10 Å². The van der Waals surface area contributed by atoms with Crippen LogP contribution in [0.15, 0.2) is 11.6 Å². The SMILES string of the molecule is CCCn1nc(C(=O)O)c2c1CC[C@@H](N(C)Cc1nccs1)C2. The molecule has 124 valence electrons. The topological polar surface area (TPSA) is 71.2 Å². The molecule has 0 saturated carbocycles. The number of fused-ring (bicyclic) bond motifs is 1. The Balaban J connectivity index is 1.80. The van der Waals surface area contributed by atoms with Crippen molar-refractivity contribution in [2.75, 3.05) is 7.05 Å². The van der Waals surface area contributed by atoms with Crippen LogP contribution in [0, 0.1) is 0 Å². The Hall–Kier alpha value is -1.73. The lowest BCUT2D eigenvalue weighted by atomic mass is 9.90. The van der Waals surface area contributed by atoms with Crippen molar-refractivity contribution in [3.05, 3.63) is 33.5 Å². The minimum atomic E-state index is -0.917. The summed E-state index contributed by atoms with van der Waals surface area (Å²) in [6.07, 6.45) is 5.46. The van der Waals surface area contributed by atoms with Crippen molar-refractivity contribution >= 4 is 17.3 Å². The van der Waals surface area contributed by atoms with Crippen LogP contribution < -0.4 is 0 Å². The Morgan fingerprint density at radius 3 is 3.04 bits per heavy atom. The second-order valence-electron chi connectivity index (χ2n) is 6.04. The standard InChI is InChI=1S/C16H22N4O2S/c1-3-7-20-13-5-4-11(9-12(13)15(18-20)16(21)22)19(2)10-14-17-6-8-23-14/h6,8,11H,3-5,7,9-10H2,1-2H3,(H,21,22)/t11-/m1/s1. The number of nitrogens with zero attached hydrogens (tertiary/aromatic N) is 4. The van der Waals surface area contributed by atoms with E-state index in [0.29, 0.717) is 6.04 Å². The molecule has 6 nitrogen and oxygen atoms in total. The lowest BCUT2D eigenvalue weighted by Gasteiger charge is -2.31. The fourth-order valence-corrected chi connectivity index (χ4v) is 3.97. The van der Waals surface area contributed by atoms with E-state index < -0.39 is 5.97 Å². The zero-order chi connectivity index (χ0) is 16.4. The van der Waals surface area contributed by atoms with E-state index in [-0.39, 0.29) is 5.69 Å². The molecule has 0 fully saturated rings. The van der Waals surface area contributed by atoms with Crippen molar-refractivity contribution < 1.29 is 9.90 Å². The van der Waals surface area contributed by atoms with Gasteiger partial charge in [-0.15, -0.1) is 11.3 Å². The summed E-state index contributed by atoms with van der Waals surface area (Å²) in [5.41, 5.74) is 2.28. The van der Waals surface area contributed by atoms with Gasteiger partial charge in [0.1, 0.15) is 5.01 Å². The molecule has 0 amide bonds. The Kier molecular flexibility index (Phi) is 4.77. The molecule has 23 heavy (non-hydrogen) atoms. The molecule has 1 aliphatic rings. The van der Waals surface area contributed by atoms with E-state index in [4.69, 9.17) is 0 Å². The Morgan fingerprint density at radius 2 is 2.39 bits per heavy atom. The highest BCUT2D eigenvalue weighted by Crippen LogP contribution is 2.28. The van der Waals surface area contributed by atoms with E-state index in [9.17, 15) is 9.90 Å². The third kappa shape index (κ3) is 3.30. The molecular weight excluding hydrogens is 312 g/mol. The van der Waals surface area contributed by atoms with Crippen molar-refractivity contribution in [2.24, 2.45) is 0 Å². The van der Waals surface area contributed by atoms with Crippen LogP contribution in [0.4, 0.5) is 0 Å². The first-order chi connectivity index (χ1) is 11.1. The average Bonchev–Trinajstić information content (AvgIpc) is 3.15. The molecule has 7 heteroatoms. The quantitative estimate of drug-likeness (QED) is 0.878. The number of carbonyl (C=O) groups is 1. The number of likely N-dealkylation sites (N-methyl/N-ethyl adjacent to an activating group) is 1. The number of aromatic carboxylic acids is 1. The summed E-state index contributed by atoms with van der Waals surface area (Å²) in [4.78, 5) is 18.1. The largest absolute Gasteiger partial charge is 0.476 e.